The number of fused-ring (bicyclic) bond motifs is 7. The second-order valence-electron chi connectivity index (χ2n) is 19.1. The number of hydrogen-bond donors (Lipinski definition) is 0. The molecule has 1 aliphatic rings. The number of rotatable bonds is 8. The Bertz CT molecular complexity index is 3930. The van der Waals surface area contributed by atoms with Gasteiger partial charge in [-0.3, -0.25) is 0 Å². The van der Waals surface area contributed by atoms with Gasteiger partial charge in [-0.15, -0.1) is 0 Å². The Labute approximate surface area is 410 Å². The number of anilines is 3. The highest BCUT2D eigenvalue weighted by molar-refractivity contribution is 6.21. The Morgan fingerprint density at radius 3 is 1.30 bits per heavy atom. The average molecular weight is 892 g/mol. The molecule has 70 heavy (non-hydrogen) atoms. The van der Waals surface area contributed by atoms with Crippen LogP contribution in [0.15, 0.2) is 261 Å². The van der Waals surface area contributed by atoms with Gasteiger partial charge in [-0.25, -0.2) is 0 Å². The van der Waals surface area contributed by atoms with Gasteiger partial charge in [0.05, 0.1) is 5.69 Å². The van der Waals surface area contributed by atoms with Gasteiger partial charge in [0, 0.05) is 22.4 Å². The van der Waals surface area contributed by atoms with Crippen molar-refractivity contribution in [3.05, 3.63) is 272 Å². The van der Waals surface area contributed by atoms with E-state index >= 15 is 0 Å². The molecular weight excluding hydrogens is 843 g/mol. The maximum absolute atomic E-state index is 2.46. The number of nitrogens with zero attached hydrogens (tertiary/aromatic N) is 1. The first-order chi connectivity index (χ1) is 34.5. The van der Waals surface area contributed by atoms with Crippen molar-refractivity contribution in [1.82, 2.24) is 0 Å². The lowest BCUT2D eigenvalue weighted by atomic mass is 9.82. The molecule has 0 N–H and O–H groups in total. The van der Waals surface area contributed by atoms with Gasteiger partial charge in [-0.05, 0) is 135 Å². The van der Waals surface area contributed by atoms with Crippen molar-refractivity contribution in [3.8, 4) is 66.8 Å². The molecule has 1 aliphatic carbocycles. The van der Waals surface area contributed by atoms with Crippen LogP contribution in [0.2, 0.25) is 0 Å². The van der Waals surface area contributed by atoms with Crippen LogP contribution < -0.4 is 4.90 Å². The van der Waals surface area contributed by atoms with E-state index in [1.165, 1.54) is 110 Å². The Balaban J connectivity index is 1.01. The van der Waals surface area contributed by atoms with E-state index in [2.05, 4.69) is 280 Å². The van der Waals surface area contributed by atoms with Crippen LogP contribution in [0.3, 0.4) is 0 Å². The molecule has 0 fully saturated rings. The minimum Gasteiger partial charge on any atom is -0.310 e. The van der Waals surface area contributed by atoms with E-state index in [0.29, 0.717) is 0 Å². The molecule has 12 aromatic carbocycles. The Morgan fingerprint density at radius 1 is 0.271 bits per heavy atom. The van der Waals surface area contributed by atoms with Crippen LogP contribution >= 0.6 is 0 Å². The van der Waals surface area contributed by atoms with E-state index in [4.69, 9.17) is 0 Å². The lowest BCUT2D eigenvalue weighted by molar-refractivity contribution is 0.660. The van der Waals surface area contributed by atoms with Gasteiger partial charge in [0.2, 0.25) is 0 Å². The van der Waals surface area contributed by atoms with Crippen LogP contribution in [0, 0.1) is 0 Å². The fraction of sp³-hybridized carbons (Fsp3) is 0.0435. The predicted octanol–water partition coefficient (Wildman–Crippen LogP) is 19.3. The van der Waals surface area contributed by atoms with Crippen molar-refractivity contribution in [2.75, 3.05) is 4.90 Å². The Morgan fingerprint density at radius 2 is 0.686 bits per heavy atom. The molecule has 0 heterocycles. The third-order valence-corrected chi connectivity index (χ3v) is 14.9. The van der Waals surface area contributed by atoms with Crippen molar-refractivity contribution in [1.29, 1.82) is 0 Å². The lowest BCUT2D eigenvalue weighted by Gasteiger charge is -2.29. The van der Waals surface area contributed by atoms with Crippen molar-refractivity contribution in [3.63, 3.8) is 0 Å². The summed E-state index contributed by atoms with van der Waals surface area (Å²) < 4.78 is 0. The molecule has 13 rings (SSSR count). The van der Waals surface area contributed by atoms with Crippen LogP contribution in [0.25, 0.3) is 99.1 Å². The molecule has 0 bridgehead atoms. The zero-order chi connectivity index (χ0) is 46.8. The summed E-state index contributed by atoms with van der Waals surface area (Å²) in [6, 6.07) is 96.2. The topological polar surface area (TPSA) is 3.24 Å². The van der Waals surface area contributed by atoms with Crippen LogP contribution in [0.1, 0.15) is 25.0 Å². The van der Waals surface area contributed by atoms with E-state index in [1.54, 1.807) is 0 Å². The molecule has 0 unspecified atom stereocenters. The van der Waals surface area contributed by atoms with Crippen LogP contribution in [0.4, 0.5) is 17.1 Å². The highest BCUT2D eigenvalue weighted by Crippen LogP contribution is 2.54. The van der Waals surface area contributed by atoms with E-state index in [0.717, 1.165) is 17.1 Å². The van der Waals surface area contributed by atoms with E-state index < -0.39 is 0 Å². The third kappa shape index (κ3) is 6.69. The third-order valence-electron chi connectivity index (χ3n) is 14.9. The zero-order valence-corrected chi connectivity index (χ0v) is 39.3. The summed E-state index contributed by atoms with van der Waals surface area (Å²) in [4.78, 5) is 2.46. The lowest BCUT2D eigenvalue weighted by Crippen LogP contribution is -2.14. The Kier molecular flexibility index (Phi) is 9.92. The first kappa shape index (κ1) is 41.4. The van der Waals surface area contributed by atoms with E-state index in [-0.39, 0.29) is 5.41 Å². The minimum absolute atomic E-state index is 0.115. The highest BCUT2D eigenvalue weighted by atomic mass is 15.1. The van der Waals surface area contributed by atoms with Crippen molar-refractivity contribution < 1.29 is 0 Å². The van der Waals surface area contributed by atoms with Gasteiger partial charge in [-0.1, -0.05) is 244 Å². The van der Waals surface area contributed by atoms with Crippen molar-refractivity contribution in [2.24, 2.45) is 0 Å². The normalized spacial score (nSPS) is 12.5. The molecule has 12 aromatic rings. The molecule has 0 aliphatic heterocycles. The van der Waals surface area contributed by atoms with Gasteiger partial charge >= 0.3 is 0 Å². The zero-order valence-electron chi connectivity index (χ0n) is 39.3. The first-order valence-electron chi connectivity index (χ1n) is 24.4. The highest BCUT2D eigenvalue weighted by Gasteiger charge is 2.37. The summed E-state index contributed by atoms with van der Waals surface area (Å²) in [5.41, 5.74) is 20.7. The maximum Gasteiger partial charge on any atom is 0.0540 e. The smallest absolute Gasteiger partial charge is 0.0540 e. The molecule has 0 saturated heterocycles. The molecule has 1 heteroatoms. The molecule has 0 aromatic heterocycles. The Hall–Kier alpha value is -8.78. The van der Waals surface area contributed by atoms with Crippen molar-refractivity contribution in [2.45, 2.75) is 19.3 Å². The minimum atomic E-state index is -0.115. The first-order valence-corrected chi connectivity index (χ1v) is 24.4. The summed E-state index contributed by atoms with van der Waals surface area (Å²) >= 11 is 0. The van der Waals surface area contributed by atoms with E-state index in [9.17, 15) is 0 Å². The van der Waals surface area contributed by atoms with Gasteiger partial charge in [0.15, 0.2) is 0 Å². The average Bonchev–Trinajstić information content (AvgIpc) is 3.67. The van der Waals surface area contributed by atoms with Gasteiger partial charge in [0.25, 0.3) is 0 Å². The van der Waals surface area contributed by atoms with Gasteiger partial charge in [-0.2, -0.15) is 0 Å². The van der Waals surface area contributed by atoms with Crippen LogP contribution in [-0.2, 0) is 5.41 Å². The van der Waals surface area contributed by atoms with E-state index in [1.807, 2.05) is 0 Å². The summed E-state index contributed by atoms with van der Waals surface area (Å²) in [5.74, 6) is 0. The van der Waals surface area contributed by atoms with Crippen LogP contribution in [0.5, 0.6) is 0 Å². The number of benzene rings is 12. The number of hydrogen-bond acceptors (Lipinski definition) is 1. The predicted molar refractivity (Wildman–Crippen MR) is 298 cm³/mol. The molecule has 0 atom stereocenters. The summed E-state index contributed by atoms with van der Waals surface area (Å²) in [6.07, 6.45) is 0. The van der Waals surface area contributed by atoms with Crippen LogP contribution in [-0.4, -0.2) is 0 Å². The van der Waals surface area contributed by atoms with Crippen molar-refractivity contribution >= 4 is 49.4 Å². The summed E-state index contributed by atoms with van der Waals surface area (Å²) in [6.45, 7) is 4.73. The second kappa shape index (κ2) is 16.8. The molecule has 0 saturated carbocycles. The second-order valence-corrected chi connectivity index (χ2v) is 19.1. The largest absolute Gasteiger partial charge is 0.310 e. The van der Waals surface area contributed by atoms with Gasteiger partial charge < -0.3 is 4.90 Å². The standard InChI is InChI=1S/C69H49N/c1-69(2)62-35-15-13-31-61(62)68-60(34-19-36-63(68)69)57-28-14-16-37-64(57)70(51-42-38-47(39-43-51)54-33-18-25-48-24-17-32-53(65(48)54)46-20-5-3-6-21-46)52-44-40-50(41-45-52)67-59-30-12-10-27-56(59)55-26-9-11-29-58(55)66(67)49-22-7-4-8-23-49/h3-45H,1-2H3. The SMILES string of the molecule is CC1(C)c2ccccc2-c2c(-c3ccccc3N(c3ccc(-c4c(-c5ccccc5)c5ccccc5c5ccccc45)cc3)c3ccc(-c4cccc5cccc(-c6ccccc6)c45)cc3)cccc21. The molecule has 0 spiro atoms. The molecule has 0 radical (unpaired) electrons. The summed E-state index contributed by atoms with van der Waals surface area (Å²) in [7, 11) is 0. The molecular formula is C69H49N. The number of para-hydroxylation sites is 1. The van der Waals surface area contributed by atoms with Gasteiger partial charge in [0.1, 0.15) is 0 Å². The molecule has 1 nitrogen and oxygen atoms in total. The fourth-order valence-corrected chi connectivity index (χ4v) is 11.7. The fourth-order valence-electron chi connectivity index (χ4n) is 11.7. The molecule has 0 amide bonds. The quantitative estimate of drug-likeness (QED) is 0.137. The monoisotopic (exact) mass is 891 g/mol. The summed E-state index contributed by atoms with van der Waals surface area (Å²) in [5, 5.41) is 7.52. The maximum atomic E-state index is 2.46. The molecule has 330 valence electrons.